The Kier molecular flexibility index (Phi) is 2.52. The normalized spacial score (nSPS) is 9.75. The van der Waals surface area contributed by atoms with Crippen LogP contribution in [0.3, 0.4) is 0 Å². The van der Waals surface area contributed by atoms with Crippen LogP contribution in [-0.2, 0) is 0 Å². The van der Waals surface area contributed by atoms with E-state index in [2.05, 4.69) is 10.5 Å². The fourth-order valence-electron chi connectivity index (χ4n) is 0.862. The molecule has 0 aliphatic heterocycles. The van der Waals surface area contributed by atoms with Gasteiger partial charge in [-0.1, -0.05) is 0 Å². The van der Waals surface area contributed by atoms with Crippen LogP contribution >= 0.6 is 0 Å². The zero-order valence-electron chi connectivity index (χ0n) is 7.21. The van der Waals surface area contributed by atoms with E-state index in [4.69, 9.17) is 5.84 Å². The van der Waals surface area contributed by atoms with Crippen molar-refractivity contribution in [1.82, 2.24) is 9.89 Å². The molecule has 0 aromatic carbocycles. The largest absolute Gasteiger partial charge is 0.448 e. The van der Waals surface area contributed by atoms with Gasteiger partial charge in [0.1, 0.15) is 0 Å². The Hall–Kier alpha value is -2.99. The molecule has 1 heterocycles. The maximum absolute atomic E-state index is 10.5. The van der Waals surface area contributed by atoms with Crippen molar-refractivity contribution in [3.63, 3.8) is 0 Å². The van der Waals surface area contributed by atoms with Crippen LogP contribution in [-0.4, -0.2) is 24.8 Å². The van der Waals surface area contributed by atoms with E-state index in [1.807, 2.05) is 0 Å². The molecule has 0 bridgehead atoms. The molecule has 0 amide bonds. The fraction of sp³-hybridized carbons (Fsp3) is 0. The first-order chi connectivity index (χ1) is 7.34. The summed E-state index contributed by atoms with van der Waals surface area (Å²) in [7, 11) is 0. The highest BCUT2D eigenvalue weighted by atomic mass is 16.7. The van der Waals surface area contributed by atoms with E-state index in [1.54, 1.807) is 0 Å². The maximum atomic E-state index is 10.5. The molecule has 1 aromatic rings. The van der Waals surface area contributed by atoms with E-state index in [-0.39, 0.29) is 4.79 Å². The molecule has 16 heavy (non-hydrogen) atoms. The van der Waals surface area contributed by atoms with Crippen LogP contribution in [0.15, 0.2) is 0 Å². The van der Waals surface area contributed by atoms with Gasteiger partial charge in [0.25, 0.3) is 0 Å². The van der Waals surface area contributed by atoms with Crippen LogP contribution in [0.1, 0.15) is 0 Å². The zero-order chi connectivity index (χ0) is 12.5. The summed E-state index contributed by atoms with van der Waals surface area (Å²) in [5, 5.41) is 32.5. The Morgan fingerprint density at radius 1 is 1.19 bits per heavy atom. The van der Waals surface area contributed by atoms with E-state index in [0.29, 0.717) is 0 Å². The number of nitrogen functional groups attached to an aromatic ring is 1. The summed E-state index contributed by atoms with van der Waals surface area (Å²) < 4.78 is 0. The Balaban J connectivity index is 3.41. The molecule has 0 saturated heterocycles. The summed E-state index contributed by atoms with van der Waals surface area (Å²) in [4.78, 5) is 28.5. The first-order valence-electron chi connectivity index (χ1n) is 3.37. The summed E-state index contributed by atoms with van der Waals surface area (Å²) in [5.74, 6) is 2.74. The van der Waals surface area contributed by atoms with E-state index >= 15 is 0 Å². The minimum absolute atomic E-state index is 0.0963. The van der Waals surface area contributed by atoms with Gasteiger partial charge in [-0.15, -0.1) is 5.43 Å². The molecule has 1 aromatic heterocycles. The molecule has 0 unspecified atom stereocenters. The molecular formula is C3H2N7O6-. The monoisotopic (exact) mass is 232 g/mol. The molecule has 0 fully saturated rings. The Morgan fingerprint density at radius 2 is 1.75 bits per heavy atom. The van der Waals surface area contributed by atoms with Gasteiger partial charge in [0.05, 0.1) is 9.96 Å². The molecule has 1 rings (SSSR count). The fourth-order valence-corrected chi connectivity index (χ4v) is 0.862. The van der Waals surface area contributed by atoms with Crippen LogP contribution in [0.2, 0.25) is 0 Å². The molecule has 0 aliphatic carbocycles. The highest BCUT2D eigenvalue weighted by Gasteiger charge is 2.33. The second-order valence-electron chi connectivity index (χ2n) is 2.29. The smallest absolute Gasteiger partial charge is 0.377 e. The average Bonchev–Trinajstić information content (AvgIpc) is 2.43. The van der Waals surface area contributed by atoms with Crippen LogP contribution in [0.25, 0.3) is 5.43 Å². The average molecular weight is 232 g/mol. The van der Waals surface area contributed by atoms with Gasteiger partial charge < -0.3 is 16.0 Å². The van der Waals surface area contributed by atoms with Crippen molar-refractivity contribution in [3.05, 3.63) is 35.8 Å². The van der Waals surface area contributed by atoms with Crippen molar-refractivity contribution in [3.8, 4) is 0 Å². The van der Waals surface area contributed by atoms with Crippen molar-refractivity contribution in [1.29, 1.82) is 0 Å². The number of rotatable bonds is 4. The first kappa shape index (κ1) is 11.1. The standard InChI is InChI=1S/C3H2N7O6/c4-7-2(6-10(15)16)1(8(11)12)3(5-7)9(13)14/h4H2/q-1. The highest BCUT2D eigenvalue weighted by molar-refractivity contribution is 5.67. The number of hydrogen-bond acceptors (Lipinski definition) is 8. The minimum Gasteiger partial charge on any atom is -0.377 e. The molecular weight excluding hydrogens is 230 g/mol. The van der Waals surface area contributed by atoms with Gasteiger partial charge in [-0.05, 0) is 10.0 Å². The second-order valence-corrected chi connectivity index (χ2v) is 2.29. The third-order valence-corrected chi connectivity index (χ3v) is 1.37. The molecule has 86 valence electrons. The number of nitrogens with zero attached hydrogens (tertiary/aromatic N) is 6. The predicted octanol–water partition coefficient (Wildman–Crippen LogP) is -0.390. The first-order valence-corrected chi connectivity index (χ1v) is 3.37. The van der Waals surface area contributed by atoms with E-state index < -0.39 is 32.2 Å². The third-order valence-electron chi connectivity index (χ3n) is 1.37. The third kappa shape index (κ3) is 1.76. The molecule has 0 radical (unpaired) electrons. The number of hydrogen-bond donors (Lipinski definition) is 1. The minimum atomic E-state index is -1.28. The van der Waals surface area contributed by atoms with Gasteiger partial charge in [0.2, 0.25) is 0 Å². The molecule has 0 saturated carbocycles. The molecule has 0 aliphatic rings. The SMILES string of the molecule is Nn1nc([N+](=O)[O-])c([N+](=O)[O-])c1[N-][N+](=O)[O-]. The number of nitro groups is 3. The van der Waals surface area contributed by atoms with Gasteiger partial charge in [0, 0.05) is 0 Å². The van der Waals surface area contributed by atoms with Gasteiger partial charge in [0.15, 0.2) is 5.82 Å². The molecule has 13 nitrogen and oxygen atoms in total. The van der Waals surface area contributed by atoms with Crippen LogP contribution in [0.4, 0.5) is 17.3 Å². The molecule has 13 heteroatoms. The summed E-state index contributed by atoms with van der Waals surface area (Å²) in [6.07, 6.45) is 0. The van der Waals surface area contributed by atoms with Gasteiger partial charge in [-0.25, -0.2) is 0 Å². The maximum Gasteiger partial charge on any atom is 0.448 e. The lowest BCUT2D eigenvalue weighted by Crippen LogP contribution is -2.11. The van der Waals surface area contributed by atoms with Crippen LogP contribution < -0.4 is 5.84 Å². The van der Waals surface area contributed by atoms with Crippen molar-refractivity contribution in [2.24, 2.45) is 0 Å². The summed E-state index contributed by atoms with van der Waals surface area (Å²) in [6, 6.07) is 0. The van der Waals surface area contributed by atoms with Crippen molar-refractivity contribution >= 4 is 17.3 Å². The molecule has 2 N–H and O–H groups in total. The van der Waals surface area contributed by atoms with Crippen molar-refractivity contribution < 1.29 is 14.9 Å². The summed E-state index contributed by atoms with van der Waals surface area (Å²) in [6.45, 7) is 0. The topological polar surface area (TPSA) is 187 Å². The van der Waals surface area contributed by atoms with Crippen molar-refractivity contribution in [2.75, 3.05) is 5.84 Å². The Bertz CT molecular complexity index is 477. The lowest BCUT2D eigenvalue weighted by Gasteiger charge is -2.00. The number of aromatic nitrogens is 2. The molecule has 0 atom stereocenters. The summed E-state index contributed by atoms with van der Waals surface area (Å²) >= 11 is 0. The zero-order valence-corrected chi connectivity index (χ0v) is 7.21. The Labute approximate surface area is 84.8 Å². The Morgan fingerprint density at radius 3 is 2.12 bits per heavy atom. The quantitative estimate of drug-likeness (QED) is 0.412. The highest BCUT2D eigenvalue weighted by Crippen LogP contribution is 2.37. The number of nitrogens with two attached hydrogens (primary N) is 1. The van der Waals surface area contributed by atoms with E-state index in [0.717, 1.165) is 0 Å². The second kappa shape index (κ2) is 3.64. The van der Waals surface area contributed by atoms with E-state index in [1.165, 1.54) is 0 Å². The van der Waals surface area contributed by atoms with Gasteiger partial charge in [-0.2, -0.15) is 4.79 Å². The van der Waals surface area contributed by atoms with Gasteiger partial charge >= 0.3 is 11.5 Å². The van der Waals surface area contributed by atoms with Crippen LogP contribution in [0, 0.1) is 30.3 Å². The lowest BCUT2D eigenvalue weighted by atomic mass is 10.5. The van der Waals surface area contributed by atoms with Gasteiger partial charge in [-0.3, -0.25) is 20.2 Å². The van der Waals surface area contributed by atoms with Crippen molar-refractivity contribution in [2.45, 2.75) is 0 Å². The summed E-state index contributed by atoms with van der Waals surface area (Å²) in [5.41, 5.74) is 1.30. The van der Waals surface area contributed by atoms with Crippen LogP contribution in [0.5, 0.6) is 0 Å². The predicted molar refractivity (Wildman–Crippen MR) is 45.7 cm³/mol. The lowest BCUT2D eigenvalue weighted by molar-refractivity contribution is -0.430. The van der Waals surface area contributed by atoms with E-state index in [9.17, 15) is 30.3 Å². The molecule has 0 spiro atoms.